The van der Waals surface area contributed by atoms with Crippen LogP contribution in [0.2, 0.25) is 0 Å². The third-order valence-corrected chi connectivity index (χ3v) is 4.28. The fourth-order valence-corrected chi connectivity index (χ4v) is 3.07. The normalized spacial score (nSPS) is 17.5. The van der Waals surface area contributed by atoms with Gasteiger partial charge < -0.3 is 5.32 Å². The Balaban J connectivity index is 1.98. The Hall–Kier alpha value is -1.34. The van der Waals surface area contributed by atoms with Crippen molar-refractivity contribution in [2.45, 2.75) is 45.4 Å². The molecule has 1 nitrogen and oxygen atoms in total. The SMILES string of the molecule is CCCNCC(=CC=Cc1ccccc1)C1CCCCC1. The Labute approximate surface area is 130 Å². The Morgan fingerprint density at radius 1 is 1.14 bits per heavy atom. The molecule has 1 aromatic rings. The minimum absolute atomic E-state index is 0.795. The van der Waals surface area contributed by atoms with Crippen LogP contribution < -0.4 is 5.32 Å². The number of hydrogen-bond acceptors (Lipinski definition) is 1. The zero-order valence-electron chi connectivity index (χ0n) is 13.4. The van der Waals surface area contributed by atoms with Crippen molar-refractivity contribution in [3.8, 4) is 0 Å². The lowest BCUT2D eigenvalue weighted by Gasteiger charge is -2.24. The average Bonchev–Trinajstić information content (AvgIpc) is 2.55. The lowest BCUT2D eigenvalue weighted by molar-refractivity contribution is 0.395. The fourth-order valence-electron chi connectivity index (χ4n) is 3.07. The van der Waals surface area contributed by atoms with Crippen LogP contribution in [0.4, 0.5) is 0 Å². The second-order valence-corrected chi connectivity index (χ2v) is 6.02. The van der Waals surface area contributed by atoms with Gasteiger partial charge in [-0.05, 0) is 37.3 Å². The summed E-state index contributed by atoms with van der Waals surface area (Å²) in [6.45, 7) is 4.40. The third-order valence-electron chi connectivity index (χ3n) is 4.28. The maximum absolute atomic E-state index is 3.58. The van der Waals surface area contributed by atoms with E-state index in [0.717, 1.165) is 19.0 Å². The molecular formula is C20H29N. The predicted molar refractivity (Wildman–Crippen MR) is 93.3 cm³/mol. The molecule has 0 bridgehead atoms. The van der Waals surface area contributed by atoms with Gasteiger partial charge in [0.25, 0.3) is 0 Å². The summed E-state index contributed by atoms with van der Waals surface area (Å²) in [5.41, 5.74) is 2.87. The van der Waals surface area contributed by atoms with Crippen LogP contribution in [0.3, 0.4) is 0 Å². The molecule has 0 amide bonds. The van der Waals surface area contributed by atoms with Gasteiger partial charge in [-0.1, -0.05) is 80.3 Å². The molecule has 114 valence electrons. The van der Waals surface area contributed by atoms with Crippen LogP contribution in [0.1, 0.15) is 51.0 Å². The highest BCUT2D eigenvalue weighted by Gasteiger charge is 2.16. The molecule has 1 aliphatic rings. The lowest BCUT2D eigenvalue weighted by Crippen LogP contribution is -2.22. The minimum atomic E-state index is 0.795. The van der Waals surface area contributed by atoms with Crippen LogP contribution >= 0.6 is 0 Å². The van der Waals surface area contributed by atoms with E-state index in [1.807, 2.05) is 0 Å². The van der Waals surface area contributed by atoms with Crippen LogP contribution in [0.5, 0.6) is 0 Å². The van der Waals surface area contributed by atoms with Gasteiger partial charge in [-0.3, -0.25) is 0 Å². The second-order valence-electron chi connectivity index (χ2n) is 6.02. The van der Waals surface area contributed by atoms with E-state index in [9.17, 15) is 0 Å². The number of nitrogens with one attached hydrogen (secondary N) is 1. The number of hydrogen-bond donors (Lipinski definition) is 1. The molecule has 2 rings (SSSR count). The largest absolute Gasteiger partial charge is 0.313 e. The van der Waals surface area contributed by atoms with Gasteiger partial charge in [0, 0.05) is 6.54 Å². The highest BCUT2D eigenvalue weighted by atomic mass is 14.8. The zero-order valence-corrected chi connectivity index (χ0v) is 13.4. The topological polar surface area (TPSA) is 12.0 Å². The molecule has 0 aromatic heterocycles. The van der Waals surface area contributed by atoms with Gasteiger partial charge in [0.2, 0.25) is 0 Å². The van der Waals surface area contributed by atoms with Gasteiger partial charge in [0.1, 0.15) is 0 Å². The first-order chi connectivity index (χ1) is 10.4. The molecule has 0 spiro atoms. The van der Waals surface area contributed by atoms with E-state index in [0.29, 0.717) is 0 Å². The average molecular weight is 283 g/mol. The molecule has 1 aliphatic carbocycles. The minimum Gasteiger partial charge on any atom is -0.313 e. The van der Waals surface area contributed by atoms with Crippen molar-refractivity contribution < 1.29 is 0 Å². The van der Waals surface area contributed by atoms with Crippen molar-refractivity contribution in [1.82, 2.24) is 5.32 Å². The summed E-state index contributed by atoms with van der Waals surface area (Å²) < 4.78 is 0. The molecule has 1 aromatic carbocycles. The molecule has 1 fully saturated rings. The standard InChI is InChI=1S/C20H29N/c1-2-16-21-17-20(19-13-7-4-8-14-19)15-9-12-18-10-5-3-6-11-18/h3,5-6,9-12,15,19,21H,2,4,7-8,13-14,16-17H2,1H3. The Morgan fingerprint density at radius 3 is 2.62 bits per heavy atom. The van der Waals surface area contributed by atoms with E-state index in [-0.39, 0.29) is 0 Å². The molecule has 0 unspecified atom stereocenters. The highest BCUT2D eigenvalue weighted by molar-refractivity contribution is 5.51. The molecule has 0 atom stereocenters. The van der Waals surface area contributed by atoms with E-state index in [2.05, 4.69) is 60.8 Å². The fraction of sp³-hybridized carbons (Fsp3) is 0.500. The second kappa shape index (κ2) is 9.57. The smallest absolute Gasteiger partial charge is 0.0170 e. The van der Waals surface area contributed by atoms with Crippen LogP contribution in [-0.4, -0.2) is 13.1 Å². The van der Waals surface area contributed by atoms with Gasteiger partial charge >= 0.3 is 0 Å². The van der Waals surface area contributed by atoms with Crippen molar-refractivity contribution in [1.29, 1.82) is 0 Å². The summed E-state index contributed by atoms with van der Waals surface area (Å²) in [7, 11) is 0. The van der Waals surface area contributed by atoms with Crippen LogP contribution in [0, 0.1) is 5.92 Å². The summed E-state index contributed by atoms with van der Waals surface area (Å²) in [5.74, 6) is 0.795. The predicted octanol–water partition coefficient (Wildman–Crippen LogP) is 5.21. The van der Waals surface area contributed by atoms with Crippen molar-refractivity contribution in [3.05, 3.63) is 53.6 Å². The van der Waals surface area contributed by atoms with E-state index in [1.165, 1.54) is 44.1 Å². The van der Waals surface area contributed by atoms with Crippen LogP contribution in [0.15, 0.2) is 48.1 Å². The Morgan fingerprint density at radius 2 is 1.90 bits per heavy atom. The molecule has 0 aliphatic heterocycles. The van der Waals surface area contributed by atoms with E-state index >= 15 is 0 Å². The molecule has 21 heavy (non-hydrogen) atoms. The first-order valence-electron chi connectivity index (χ1n) is 8.53. The molecule has 0 saturated heterocycles. The van der Waals surface area contributed by atoms with Gasteiger partial charge in [-0.2, -0.15) is 0 Å². The number of benzene rings is 1. The van der Waals surface area contributed by atoms with Crippen LogP contribution in [-0.2, 0) is 0 Å². The Bertz CT molecular complexity index is 438. The van der Waals surface area contributed by atoms with Crippen molar-refractivity contribution in [3.63, 3.8) is 0 Å². The van der Waals surface area contributed by atoms with Crippen molar-refractivity contribution in [2.75, 3.05) is 13.1 Å². The molecule has 0 heterocycles. The zero-order chi connectivity index (χ0) is 14.8. The maximum atomic E-state index is 3.58. The molecule has 1 saturated carbocycles. The molecular weight excluding hydrogens is 254 g/mol. The lowest BCUT2D eigenvalue weighted by atomic mass is 9.83. The first-order valence-corrected chi connectivity index (χ1v) is 8.53. The van der Waals surface area contributed by atoms with Crippen molar-refractivity contribution >= 4 is 6.08 Å². The maximum Gasteiger partial charge on any atom is 0.0170 e. The summed E-state index contributed by atoms with van der Waals surface area (Å²) in [6.07, 6.45) is 15.0. The number of rotatable bonds is 7. The monoisotopic (exact) mass is 283 g/mol. The van der Waals surface area contributed by atoms with Crippen LogP contribution in [0.25, 0.3) is 6.08 Å². The molecule has 0 radical (unpaired) electrons. The first kappa shape index (κ1) is 16.0. The highest BCUT2D eigenvalue weighted by Crippen LogP contribution is 2.29. The summed E-state index contributed by atoms with van der Waals surface area (Å²) in [5, 5.41) is 3.58. The van der Waals surface area contributed by atoms with Gasteiger partial charge in [-0.25, -0.2) is 0 Å². The third kappa shape index (κ3) is 5.89. The van der Waals surface area contributed by atoms with E-state index < -0.39 is 0 Å². The molecule has 1 heteroatoms. The van der Waals surface area contributed by atoms with Gasteiger partial charge in [0.05, 0.1) is 0 Å². The van der Waals surface area contributed by atoms with E-state index in [1.54, 1.807) is 5.57 Å². The Kier molecular flexibility index (Phi) is 7.31. The van der Waals surface area contributed by atoms with E-state index in [4.69, 9.17) is 0 Å². The number of allylic oxidation sites excluding steroid dienone is 2. The molecule has 1 N–H and O–H groups in total. The van der Waals surface area contributed by atoms with Crippen molar-refractivity contribution in [2.24, 2.45) is 5.92 Å². The van der Waals surface area contributed by atoms with Gasteiger partial charge in [0.15, 0.2) is 0 Å². The quantitative estimate of drug-likeness (QED) is 0.535. The summed E-state index contributed by atoms with van der Waals surface area (Å²) >= 11 is 0. The van der Waals surface area contributed by atoms with Gasteiger partial charge in [-0.15, -0.1) is 0 Å². The summed E-state index contributed by atoms with van der Waals surface area (Å²) in [6, 6.07) is 10.6. The summed E-state index contributed by atoms with van der Waals surface area (Å²) in [4.78, 5) is 0.